The second kappa shape index (κ2) is 8.08. The number of nitrogens with zero attached hydrogens (tertiary/aromatic N) is 2. The highest BCUT2D eigenvalue weighted by Gasteiger charge is 2.35. The van der Waals surface area contributed by atoms with Crippen LogP contribution in [0.3, 0.4) is 0 Å². The molecule has 0 radical (unpaired) electrons. The van der Waals surface area contributed by atoms with Gasteiger partial charge >= 0.3 is 0 Å². The average Bonchev–Trinajstić information content (AvgIpc) is 3.23. The van der Waals surface area contributed by atoms with E-state index in [9.17, 15) is 4.79 Å². The van der Waals surface area contributed by atoms with E-state index in [1.807, 2.05) is 23.6 Å². The van der Waals surface area contributed by atoms with Crippen LogP contribution in [0.15, 0.2) is 35.7 Å². The molecule has 0 saturated carbocycles. The van der Waals surface area contributed by atoms with Gasteiger partial charge in [-0.3, -0.25) is 9.69 Å². The van der Waals surface area contributed by atoms with Crippen molar-refractivity contribution in [1.29, 1.82) is 0 Å². The minimum absolute atomic E-state index is 0.000765. The maximum atomic E-state index is 12.6. The molecule has 1 N–H and O–H groups in total. The summed E-state index contributed by atoms with van der Waals surface area (Å²) in [7, 11) is 1.70. The Morgan fingerprint density at radius 3 is 2.80 bits per heavy atom. The smallest absolute Gasteiger partial charge is 0.271 e. The Morgan fingerprint density at radius 2 is 2.12 bits per heavy atom. The number of amides is 1. The number of benzene rings is 1. The third-order valence-electron chi connectivity index (χ3n) is 4.63. The van der Waals surface area contributed by atoms with Crippen LogP contribution in [0.5, 0.6) is 0 Å². The maximum absolute atomic E-state index is 12.6. The number of ether oxygens (including phenoxy) is 1. The van der Waals surface area contributed by atoms with E-state index in [1.54, 1.807) is 7.11 Å². The van der Waals surface area contributed by atoms with Gasteiger partial charge in [0.15, 0.2) is 0 Å². The summed E-state index contributed by atoms with van der Waals surface area (Å²) in [4.78, 5) is 19.4. The molecule has 2 atom stereocenters. The van der Waals surface area contributed by atoms with Crippen LogP contribution in [0.25, 0.3) is 0 Å². The second-order valence-corrected chi connectivity index (χ2v) is 7.63. The van der Waals surface area contributed by atoms with Crippen LogP contribution in [-0.2, 0) is 11.2 Å². The van der Waals surface area contributed by atoms with E-state index in [0.29, 0.717) is 11.7 Å². The number of hydrogen-bond acceptors (Lipinski definition) is 5. The summed E-state index contributed by atoms with van der Waals surface area (Å²) in [5, 5.41) is 5.89. The van der Waals surface area contributed by atoms with Crippen molar-refractivity contribution in [3.63, 3.8) is 0 Å². The van der Waals surface area contributed by atoms with E-state index in [4.69, 9.17) is 4.74 Å². The normalized spacial score (nSPS) is 21.0. The molecular weight excluding hydrogens is 334 g/mol. The summed E-state index contributed by atoms with van der Waals surface area (Å²) < 4.78 is 5.55. The van der Waals surface area contributed by atoms with Gasteiger partial charge in [0.25, 0.3) is 5.91 Å². The minimum atomic E-state index is -0.117. The molecule has 1 aliphatic heterocycles. The third kappa shape index (κ3) is 4.45. The Morgan fingerprint density at radius 1 is 1.36 bits per heavy atom. The van der Waals surface area contributed by atoms with Crippen LogP contribution in [0.1, 0.15) is 34.9 Å². The zero-order valence-electron chi connectivity index (χ0n) is 14.9. The number of thiazole rings is 1. The van der Waals surface area contributed by atoms with Gasteiger partial charge in [-0.2, -0.15) is 0 Å². The molecular formula is C19H25N3O2S. The quantitative estimate of drug-likeness (QED) is 0.861. The summed E-state index contributed by atoms with van der Waals surface area (Å²) >= 11 is 1.53. The number of likely N-dealkylation sites (tertiary alicyclic amines) is 1. The van der Waals surface area contributed by atoms with Crippen LogP contribution < -0.4 is 5.32 Å². The highest BCUT2D eigenvalue weighted by Crippen LogP contribution is 2.18. The number of methoxy groups -OCH3 is 1. The molecule has 2 heterocycles. The fraction of sp³-hybridized carbons (Fsp3) is 0.474. The van der Waals surface area contributed by atoms with Crippen LogP contribution in [-0.4, -0.2) is 54.2 Å². The first-order valence-electron chi connectivity index (χ1n) is 8.63. The van der Waals surface area contributed by atoms with E-state index < -0.39 is 0 Å². The summed E-state index contributed by atoms with van der Waals surface area (Å²) in [6.07, 6.45) is 0.776. The van der Waals surface area contributed by atoms with Crippen LogP contribution in [0, 0.1) is 0 Å². The van der Waals surface area contributed by atoms with Gasteiger partial charge in [0.05, 0.1) is 17.2 Å². The number of carbonyl (C=O) groups excluding carboxylic acids is 1. The van der Waals surface area contributed by atoms with E-state index >= 15 is 0 Å². The lowest BCUT2D eigenvalue weighted by molar-refractivity contribution is 0.0750. The van der Waals surface area contributed by atoms with Gasteiger partial charge in [-0.1, -0.05) is 30.3 Å². The molecule has 0 spiro atoms. The number of hydrogen-bond donors (Lipinski definition) is 1. The Bertz CT molecular complexity index is 702. The largest absolute Gasteiger partial charge is 0.378 e. The fourth-order valence-electron chi connectivity index (χ4n) is 3.11. The van der Waals surface area contributed by atoms with Crippen LogP contribution in [0.4, 0.5) is 0 Å². The lowest BCUT2D eigenvalue weighted by atomic mass is 10.2. The molecule has 1 fully saturated rings. The van der Waals surface area contributed by atoms with E-state index in [0.717, 1.165) is 24.5 Å². The van der Waals surface area contributed by atoms with Gasteiger partial charge in [0.1, 0.15) is 5.69 Å². The van der Waals surface area contributed by atoms with E-state index in [-0.39, 0.29) is 18.1 Å². The number of aromatic nitrogens is 1. The van der Waals surface area contributed by atoms with Crippen molar-refractivity contribution in [2.75, 3.05) is 20.2 Å². The second-order valence-electron chi connectivity index (χ2n) is 6.69. The van der Waals surface area contributed by atoms with Crippen molar-refractivity contribution in [2.45, 2.75) is 38.5 Å². The van der Waals surface area contributed by atoms with Gasteiger partial charge in [0.2, 0.25) is 0 Å². The van der Waals surface area contributed by atoms with Gasteiger partial charge in [-0.05, 0) is 19.4 Å². The lowest BCUT2D eigenvalue weighted by Gasteiger charge is -2.19. The van der Waals surface area contributed by atoms with Crippen molar-refractivity contribution in [3.8, 4) is 0 Å². The Kier molecular flexibility index (Phi) is 5.83. The molecule has 6 heteroatoms. The standard InChI is InChI=1S/C19H25N3O2S/c1-13(2)22-10-15(17(11-22)24-3)21-19(23)16-12-25-18(20-16)9-14-7-5-4-6-8-14/h4-8,12-13,15,17H,9-11H2,1-3H3,(H,21,23)/t15-,17-/m0/s1. The lowest BCUT2D eigenvalue weighted by Crippen LogP contribution is -2.43. The van der Waals surface area contributed by atoms with Gasteiger partial charge in [-0.15, -0.1) is 11.3 Å². The molecule has 1 aromatic carbocycles. The monoisotopic (exact) mass is 359 g/mol. The SMILES string of the molecule is CO[C@H]1CN(C(C)C)C[C@@H]1NC(=O)c1csc(Cc2ccccc2)n1. The zero-order valence-corrected chi connectivity index (χ0v) is 15.8. The predicted molar refractivity (Wildman–Crippen MR) is 100 cm³/mol. The fourth-order valence-corrected chi connectivity index (χ4v) is 3.92. The van der Waals surface area contributed by atoms with E-state index in [1.165, 1.54) is 16.9 Å². The molecule has 1 amide bonds. The van der Waals surface area contributed by atoms with Crippen LogP contribution >= 0.6 is 11.3 Å². The maximum Gasteiger partial charge on any atom is 0.271 e. The van der Waals surface area contributed by atoms with Gasteiger partial charge < -0.3 is 10.1 Å². The van der Waals surface area contributed by atoms with Gasteiger partial charge in [-0.25, -0.2) is 4.98 Å². The molecule has 0 unspecified atom stereocenters. The topological polar surface area (TPSA) is 54.5 Å². The van der Waals surface area contributed by atoms with Gasteiger partial charge in [0, 0.05) is 38.0 Å². The molecule has 25 heavy (non-hydrogen) atoms. The molecule has 1 aliphatic rings. The van der Waals surface area contributed by atoms with Crippen molar-refractivity contribution < 1.29 is 9.53 Å². The molecule has 0 aliphatic carbocycles. The van der Waals surface area contributed by atoms with Crippen molar-refractivity contribution in [1.82, 2.24) is 15.2 Å². The predicted octanol–water partition coefficient (Wildman–Crippen LogP) is 2.57. The minimum Gasteiger partial charge on any atom is -0.378 e. The summed E-state index contributed by atoms with van der Waals surface area (Å²) in [5.41, 5.74) is 1.69. The molecule has 0 bridgehead atoms. The summed E-state index contributed by atoms with van der Waals surface area (Å²) in [6, 6.07) is 10.6. The Balaban J connectivity index is 1.62. The third-order valence-corrected chi connectivity index (χ3v) is 5.48. The first-order valence-corrected chi connectivity index (χ1v) is 9.51. The number of carbonyl (C=O) groups is 1. The Labute approximate surface area is 153 Å². The molecule has 3 rings (SSSR count). The first-order chi connectivity index (χ1) is 12.1. The number of nitrogens with one attached hydrogen (secondary N) is 1. The van der Waals surface area contributed by atoms with Crippen molar-refractivity contribution in [3.05, 3.63) is 52.0 Å². The molecule has 5 nitrogen and oxygen atoms in total. The first kappa shape index (κ1) is 18.0. The molecule has 2 aromatic rings. The number of rotatable bonds is 6. The highest BCUT2D eigenvalue weighted by atomic mass is 32.1. The van der Waals surface area contributed by atoms with Crippen molar-refractivity contribution in [2.24, 2.45) is 0 Å². The average molecular weight is 359 g/mol. The zero-order chi connectivity index (χ0) is 17.8. The molecule has 1 saturated heterocycles. The van der Waals surface area contributed by atoms with Crippen molar-refractivity contribution >= 4 is 17.2 Å². The van der Waals surface area contributed by atoms with E-state index in [2.05, 4.69) is 41.2 Å². The molecule has 134 valence electrons. The van der Waals surface area contributed by atoms with Crippen LogP contribution in [0.2, 0.25) is 0 Å². The summed E-state index contributed by atoms with van der Waals surface area (Å²) in [6.45, 7) is 5.97. The molecule has 1 aromatic heterocycles. The summed E-state index contributed by atoms with van der Waals surface area (Å²) in [5.74, 6) is -0.117. The highest BCUT2D eigenvalue weighted by molar-refractivity contribution is 7.09. The Hall–Kier alpha value is -1.76.